The van der Waals surface area contributed by atoms with Gasteiger partial charge in [-0.15, -0.1) is 5.10 Å². The minimum atomic E-state index is -0.245. The van der Waals surface area contributed by atoms with Crippen molar-refractivity contribution in [2.75, 3.05) is 5.73 Å². The second-order valence-corrected chi connectivity index (χ2v) is 2.70. The lowest BCUT2D eigenvalue weighted by molar-refractivity contribution is 0.677. The summed E-state index contributed by atoms with van der Waals surface area (Å²) in [5.41, 5.74) is 10.8. The quantitative estimate of drug-likeness (QED) is 0.481. The molecule has 0 aromatic carbocycles. The SMILES string of the molecule is Nc1n[nH]c(C2(N)CC2)n1. The molecule has 0 saturated heterocycles. The first-order valence-corrected chi connectivity index (χ1v) is 3.18. The smallest absolute Gasteiger partial charge is 0.239 e. The molecule has 5 heteroatoms. The molecule has 1 aromatic rings. The van der Waals surface area contributed by atoms with E-state index in [1.54, 1.807) is 0 Å². The fourth-order valence-electron chi connectivity index (χ4n) is 0.869. The van der Waals surface area contributed by atoms with E-state index in [-0.39, 0.29) is 11.5 Å². The lowest BCUT2D eigenvalue weighted by Gasteiger charge is -1.99. The number of aromatic amines is 1. The highest BCUT2D eigenvalue weighted by Gasteiger charge is 2.43. The van der Waals surface area contributed by atoms with E-state index in [0.717, 1.165) is 12.8 Å². The van der Waals surface area contributed by atoms with Crippen LogP contribution in [0.1, 0.15) is 18.7 Å². The van der Waals surface area contributed by atoms with Crippen molar-refractivity contribution in [3.05, 3.63) is 5.82 Å². The topological polar surface area (TPSA) is 93.6 Å². The van der Waals surface area contributed by atoms with Gasteiger partial charge in [0.25, 0.3) is 0 Å². The Morgan fingerprint density at radius 1 is 1.50 bits per heavy atom. The molecule has 0 spiro atoms. The number of hydrogen-bond acceptors (Lipinski definition) is 4. The molecule has 0 bridgehead atoms. The molecule has 1 fully saturated rings. The molecule has 0 atom stereocenters. The summed E-state index contributed by atoms with van der Waals surface area (Å²) >= 11 is 0. The fraction of sp³-hybridized carbons (Fsp3) is 0.600. The Hall–Kier alpha value is -1.10. The van der Waals surface area contributed by atoms with Gasteiger partial charge in [0.05, 0.1) is 5.54 Å². The molecule has 0 aliphatic heterocycles. The van der Waals surface area contributed by atoms with Crippen LogP contribution >= 0.6 is 0 Å². The van der Waals surface area contributed by atoms with Gasteiger partial charge in [-0.3, -0.25) is 5.10 Å². The number of nitrogens with two attached hydrogens (primary N) is 2. The molecule has 2 rings (SSSR count). The summed E-state index contributed by atoms with van der Waals surface area (Å²) in [6.07, 6.45) is 1.95. The van der Waals surface area contributed by atoms with Crippen LogP contribution in [0.4, 0.5) is 5.95 Å². The Bertz CT molecular complexity index is 248. The van der Waals surface area contributed by atoms with Crippen LogP contribution in [0.25, 0.3) is 0 Å². The number of hydrogen-bond donors (Lipinski definition) is 3. The highest BCUT2D eigenvalue weighted by molar-refractivity contribution is 5.21. The number of H-pyrrole nitrogens is 1. The normalized spacial score (nSPS) is 20.9. The molecule has 0 amide bonds. The largest absolute Gasteiger partial charge is 0.367 e. The standard InChI is InChI=1S/C5H9N5/c6-4-8-3(9-10-4)5(7)1-2-5/h1-2,7H2,(H3,6,8,9,10). The molecule has 1 aliphatic rings. The molecular weight excluding hydrogens is 130 g/mol. The Morgan fingerprint density at radius 2 is 2.20 bits per heavy atom. The number of nitrogen functional groups attached to an aromatic ring is 1. The van der Waals surface area contributed by atoms with Crippen LogP contribution in [0.3, 0.4) is 0 Å². The Labute approximate surface area is 57.8 Å². The highest BCUT2D eigenvalue weighted by Crippen LogP contribution is 2.40. The van der Waals surface area contributed by atoms with Crippen LogP contribution in [0.2, 0.25) is 0 Å². The highest BCUT2D eigenvalue weighted by atomic mass is 15.3. The third kappa shape index (κ3) is 0.672. The predicted molar refractivity (Wildman–Crippen MR) is 35.9 cm³/mol. The maximum absolute atomic E-state index is 5.79. The zero-order valence-corrected chi connectivity index (χ0v) is 5.46. The van der Waals surface area contributed by atoms with Crippen LogP contribution in [-0.2, 0) is 5.54 Å². The van der Waals surface area contributed by atoms with Crippen molar-refractivity contribution in [2.45, 2.75) is 18.4 Å². The first-order valence-electron chi connectivity index (χ1n) is 3.18. The van der Waals surface area contributed by atoms with Gasteiger partial charge >= 0.3 is 0 Å². The maximum Gasteiger partial charge on any atom is 0.239 e. The van der Waals surface area contributed by atoms with Gasteiger partial charge in [0.2, 0.25) is 5.95 Å². The van der Waals surface area contributed by atoms with Crippen molar-refractivity contribution in [2.24, 2.45) is 5.73 Å². The number of nitrogens with one attached hydrogen (secondary N) is 1. The van der Waals surface area contributed by atoms with Crippen molar-refractivity contribution >= 4 is 5.95 Å². The summed E-state index contributed by atoms with van der Waals surface area (Å²) in [6.45, 7) is 0. The fourth-order valence-corrected chi connectivity index (χ4v) is 0.869. The third-order valence-corrected chi connectivity index (χ3v) is 1.76. The molecule has 5 nitrogen and oxygen atoms in total. The van der Waals surface area contributed by atoms with Crippen molar-refractivity contribution in [3.63, 3.8) is 0 Å². The lowest BCUT2D eigenvalue weighted by Crippen LogP contribution is -2.20. The molecule has 1 aliphatic carbocycles. The second kappa shape index (κ2) is 1.49. The molecule has 0 radical (unpaired) electrons. The van der Waals surface area contributed by atoms with Crippen LogP contribution in [0.5, 0.6) is 0 Å². The molecule has 1 saturated carbocycles. The summed E-state index contributed by atoms with van der Waals surface area (Å²) in [6, 6.07) is 0. The molecule has 5 N–H and O–H groups in total. The van der Waals surface area contributed by atoms with E-state index in [9.17, 15) is 0 Å². The van der Waals surface area contributed by atoms with Gasteiger partial charge in [-0.25, -0.2) is 0 Å². The van der Waals surface area contributed by atoms with E-state index in [1.165, 1.54) is 0 Å². The molecule has 0 unspecified atom stereocenters. The summed E-state index contributed by atoms with van der Waals surface area (Å²) < 4.78 is 0. The summed E-state index contributed by atoms with van der Waals surface area (Å²) in [5.74, 6) is 0.983. The van der Waals surface area contributed by atoms with Crippen LogP contribution in [-0.4, -0.2) is 15.2 Å². The Balaban J connectivity index is 2.34. The monoisotopic (exact) mass is 139 g/mol. The Kier molecular flexibility index (Phi) is 0.843. The van der Waals surface area contributed by atoms with Crippen molar-refractivity contribution in [1.29, 1.82) is 0 Å². The van der Waals surface area contributed by atoms with Crippen LogP contribution < -0.4 is 11.5 Å². The lowest BCUT2D eigenvalue weighted by atomic mass is 10.3. The van der Waals surface area contributed by atoms with E-state index in [2.05, 4.69) is 15.2 Å². The van der Waals surface area contributed by atoms with Gasteiger partial charge in [-0.1, -0.05) is 0 Å². The molecule has 54 valence electrons. The number of anilines is 1. The molecule has 1 heterocycles. The predicted octanol–water partition coefficient (Wildman–Crippen LogP) is -0.665. The Morgan fingerprint density at radius 3 is 2.60 bits per heavy atom. The van der Waals surface area contributed by atoms with E-state index in [1.807, 2.05) is 0 Å². The number of aromatic nitrogens is 3. The van der Waals surface area contributed by atoms with Gasteiger partial charge < -0.3 is 11.5 Å². The minimum Gasteiger partial charge on any atom is -0.367 e. The van der Waals surface area contributed by atoms with Crippen molar-refractivity contribution < 1.29 is 0 Å². The van der Waals surface area contributed by atoms with Gasteiger partial charge in [0, 0.05) is 0 Å². The van der Waals surface area contributed by atoms with Crippen molar-refractivity contribution in [1.82, 2.24) is 15.2 Å². The number of rotatable bonds is 1. The van der Waals surface area contributed by atoms with Gasteiger partial charge in [0.15, 0.2) is 0 Å². The molecular formula is C5H9N5. The molecule has 10 heavy (non-hydrogen) atoms. The van der Waals surface area contributed by atoms with Gasteiger partial charge in [-0.2, -0.15) is 4.98 Å². The number of nitrogens with zero attached hydrogens (tertiary/aromatic N) is 2. The van der Waals surface area contributed by atoms with Crippen LogP contribution in [0, 0.1) is 0 Å². The zero-order chi connectivity index (χ0) is 7.19. The molecule has 1 aromatic heterocycles. The average Bonchev–Trinajstić information content (AvgIpc) is 2.45. The van der Waals surface area contributed by atoms with Crippen LogP contribution in [0.15, 0.2) is 0 Å². The first-order chi connectivity index (χ1) is 4.71. The zero-order valence-electron chi connectivity index (χ0n) is 5.46. The third-order valence-electron chi connectivity index (χ3n) is 1.76. The van der Waals surface area contributed by atoms with E-state index in [4.69, 9.17) is 11.5 Å². The summed E-state index contributed by atoms with van der Waals surface area (Å²) in [7, 11) is 0. The maximum atomic E-state index is 5.79. The van der Waals surface area contributed by atoms with E-state index in [0.29, 0.717) is 5.82 Å². The minimum absolute atomic E-state index is 0.245. The second-order valence-electron chi connectivity index (χ2n) is 2.70. The summed E-state index contributed by atoms with van der Waals surface area (Å²) in [4.78, 5) is 3.93. The van der Waals surface area contributed by atoms with Crippen molar-refractivity contribution in [3.8, 4) is 0 Å². The van der Waals surface area contributed by atoms with Gasteiger partial charge in [0.1, 0.15) is 5.82 Å². The average molecular weight is 139 g/mol. The van der Waals surface area contributed by atoms with E-state index < -0.39 is 0 Å². The summed E-state index contributed by atoms with van der Waals surface area (Å²) in [5, 5.41) is 6.38. The van der Waals surface area contributed by atoms with E-state index >= 15 is 0 Å². The van der Waals surface area contributed by atoms with Gasteiger partial charge in [-0.05, 0) is 12.8 Å². The first kappa shape index (κ1) is 5.67.